The molecular weight excluding hydrogens is 370 g/mol. The van der Waals surface area contributed by atoms with Gasteiger partial charge < -0.3 is 9.47 Å². The number of ether oxygens (including phenoxy) is 2. The Hall–Kier alpha value is -1.77. The molecule has 3 atom stereocenters. The minimum Gasteiger partial charge on any atom is -0.451 e. The fraction of sp³-hybridized carbons (Fsp3) is 0.579. The van der Waals surface area contributed by atoms with Crippen LogP contribution in [0.1, 0.15) is 49.9 Å². The molecule has 0 radical (unpaired) electrons. The maximum absolute atomic E-state index is 13.0. The third-order valence-corrected chi connectivity index (χ3v) is 6.67. The number of benzene rings is 1. The number of Topliss-reactive ketones (excluding diaryl/α,β-unsaturated/α-hetero) is 1. The van der Waals surface area contributed by atoms with Gasteiger partial charge in [-0.15, -0.1) is 0 Å². The standard InChI is InChI=1S/C19H25NO6S/c1-13-11-20(12-14(2)25-13)27(23,24)16-7-5-6-15(10-16)19(22)26-18-9-4-3-8-17(18)21/h5-7,10,13-14,18H,3-4,8-9,11-12H2,1-2H3/t13-,14+,18-/m0/s1. The zero-order chi connectivity index (χ0) is 19.6. The fourth-order valence-electron chi connectivity index (χ4n) is 3.53. The van der Waals surface area contributed by atoms with Gasteiger partial charge in [0.15, 0.2) is 11.9 Å². The molecule has 2 fully saturated rings. The van der Waals surface area contributed by atoms with Gasteiger partial charge in [-0.05, 0) is 51.3 Å². The summed E-state index contributed by atoms with van der Waals surface area (Å²) in [5, 5.41) is 0. The molecule has 1 saturated heterocycles. The number of morpholine rings is 1. The number of carbonyl (C=O) groups excluding carboxylic acids is 2. The average molecular weight is 395 g/mol. The second-order valence-electron chi connectivity index (χ2n) is 7.21. The molecule has 1 heterocycles. The van der Waals surface area contributed by atoms with Crippen molar-refractivity contribution in [2.24, 2.45) is 0 Å². The van der Waals surface area contributed by atoms with Gasteiger partial charge >= 0.3 is 5.97 Å². The number of rotatable bonds is 4. The van der Waals surface area contributed by atoms with Crippen LogP contribution in [0.2, 0.25) is 0 Å². The van der Waals surface area contributed by atoms with E-state index in [2.05, 4.69) is 0 Å². The molecular formula is C19H25NO6S. The van der Waals surface area contributed by atoms with Crippen molar-refractivity contribution in [3.05, 3.63) is 29.8 Å². The zero-order valence-electron chi connectivity index (χ0n) is 15.6. The lowest BCUT2D eigenvalue weighted by molar-refractivity contribution is -0.129. The number of hydrogen-bond donors (Lipinski definition) is 0. The number of sulfonamides is 1. The number of carbonyl (C=O) groups is 2. The Morgan fingerprint density at radius 2 is 1.89 bits per heavy atom. The molecule has 7 nitrogen and oxygen atoms in total. The van der Waals surface area contributed by atoms with Gasteiger partial charge in [-0.3, -0.25) is 4.79 Å². The molecule has 0 aromatic heterocycles. The molecule has 0 bridgehead atoms. The highest BCUT2D eigenvalue weighted by atomic mass is 32.2. The van der Waals surface area contributed by atoms with Crippen LogP contribution in [0.25, 0.3) is 0 Å². The topological polar surface area (TPSA) is 90.0 Å². The van der Waals surface area contributed by atoms with Crippen LogP contribution in [-0.2, 0) is 24.3 Å². The lowest BCUT2D eigenvalue weighted by Gasteiger charge is -2.34. The molecule has 27 heavy (non-hydrogen) atoms. The quantitative estimate of drug-likeness (QED) is 0.726. The molecule has 1 aliphatic heterocycles. The fourth-order valence-corrected chi connectivity index (χ4v) is 5.17. The van der Waals surface area contributed by atoms with Crippen molar-refractivity contribution in [3.63, 3.8) is 0 Å². The molecule has 0 amide bonds. The van der Waals surface area contributed by atoms with Crippen molar-refractivity contribution in [2.75, 3.05) is 13.1 Å². The Morgan fingerprint density at radius 3 is 2.56 bits per heavy atom. The molecule has 2 aliphatic rings. The van der Waals surface area contributed by atoms with E-state index in [1.165, 1.54) is 28.6 Å². The lowest BCUT2D eigenvalue weighted by atomic mass is 9.96. The molecule has 1 aromatic carbocycles. The normalized spacial score (nSPS) is 27.3. The first-order valence-electron chi connectivity index (χ1n) is 9.27. The van der Waals surface area contributed by atoms with Crippen LogP contribution in [0.15, 0.2) is 29.2 Å². The Bertz CT molecular complexity index is 811. The Kier molecular flexibility index (Phi) is 5.98. The van der Waals surface area contributed by atoms with E-state index in [9.17, 15) is 18.0 Å². The summed E-state index contributed by atoms with van der Waals surface area (Å²) in [6, 6.07) is 5.79. The van der Waals surface area contributed by atoms with Gasteiger partial charge in [-0.2, -0.15) is 4.31 Å². The van der Waals surface area contributed by atoms with E-state index in [4.69, 9.17) is 9.47 Å². The summed E-state index contributed by atoms with van der Waals surface area (Å²) in [6.07, 6.45) is 1.46. The predicted octanol–water partition coefficient (Wildman–Crippen LogP) is 2.15. The molecule has 1 aliphatic carbocycles. The summed E-state index contributed by atoms with van der Waals surface area (Å²) >= 11 is 0. The molecule has 0 spiro atoms. The van der Waals surface area contributed by atoms with Crippen molar-refractivity contribution >= 4 is 21.8 Å². The second-order valence-corrected chi connectivity index (χ2v) is 9.15. The highest BCUT2D eigenvalue weighted by molar-refractivity contribution is 7.89. The van der Waals surface area contributed by atoms with Crippen molar-refractivity contribution in [2.45, 2.75) is 62.7 Å². The van der Waals surface area contributed by atoms with Crippen LogP contribution in [-0.4, -0.2) is 55.9 Å². The number of esters is 1. The SMILES string of the molecule is C[C@@H]1CN(S(=O)(=O)c2cccc(C(=O)O[C@H]3CCCCC3=O)c2)C[C@H](C)O1. The first kappa shape index (κ1) is 20.0. The number of nitrogens with zero attached hydrogens (tertiary/aromatic N) is 1. The van der Waals surface area contributed by atoms with E-state index in [1.54, 1.807) is 0 Å². The number of ketones is 1. The van der Waals surface area contributed by atoms with Crippen molar-refractivity contribution in [3.8, 4) is 0 Å². The van der Waals surface area contributed by atoms with Gasteiger partial charge in [0.2, 0.25) is 10.0 Å². The van der Waals surface area contributed by atoms with E-state index in [1.807, 2.05) is 13.8 Å². The van der Waals surface area contributed by atoms with Crippen LogP contribution in [0.3, 0.4) is 0 Å². The number of hydrogen-bond acceptors (Lipinski definition) is 6. The second kappa shape index (κ2) is 8.08. The van der Waals surface area contributed by atoms with E-state index in [-0.39, 0.29) is 41.5 Å². The molecule has 0 unspecified atom stereocenters. The maximum atomic E-state index is 13.0. The van der Waals surface area contributed by atoms with E-state index in [0.717, 1.165) is 12.8 Å². The van der Waals surface area contributed by atoms with Gasteiger partial charge in [0.05, 0.1) is 22.7 Å². The zero-order valence-corrected chi connectivity index (χ0v) is 16.4. The summed E-state index contributed by atoms with van der Waals surface area (Å²) < 4.78 is 38.2. The Labute approximate surface area is 159 Å². The van der Waals surface area contributed by atoms with E-state index < -0.39 is 22.1 Å². The Balaban J connectivity index is 1.78. The summed E-state index contributed by atoms with van der Waals surface area (Å²) in [6.45, 7) is 4.18. The van der Waals surface area contributed by atoms with Gasteiger partial charge in [0.1, 0.15) is 0 Å². The molecule has 0 N–H and O–H groups in total. The maximum Gasteiger partial charge on any atom is 0.338 e. The summed E-state index contributed by atoms with van der Waals surface area (Å²) in [7, 11) is -3.75. The first-order chi connectivity index (χ1) is 12.8. The van der Waals surface area contributed by atoms with Crippen LogP contribution in [0.5, 0.6) is 0 Å². The molecule has 3 rings (SSSR count). The molecule has 1 saturated carbocycles. The van der Waals surface area contributed by atoms with Gasteiger partial charge in [-0.1, -0.05) is 6.07 Å². The summed E-state index contributed by atoms with van der Waals surface area (Å²) in [5.74, 6) is -0.745. The third kappa shape index (κ3) is 4.56. The van der Waals surface area contributed by atoms with E-state index >= 15 is 0 Å². The molecule has 8 heteroatoms. The smallest absolute Gasteiger partial charge is 0.338 e. The minimum atomic E-state index is -3.75. The van der Waals surface area contributed by atoms with Crippen molar-refractivity contribution in [1.29, 1.82) is 0 Å². The third-order valence-electron chi connectivity index (χ3n) is 4.84. The van der Waals surface area contributed by atoms with Gasteiger partial charge in [0, 0.05) is 19.5 Å². The van der Waals surface area contributed by atoms with Crippen molar-refractivity contribution in [1.82, 2.24) is 4.31 Å². The van der Waals surface area contributed by atoms with E-state index in [0.29, 0.717) is 12.8 Å². The summed E-state index contributed by atoms with van der Waals surface area (Å²) in [4.78, 5) is 24.3. The Morgan fingerprint density at radius 1 is 1.19 bits per heavy atom. The van der Waals surface area contributed by atoms with Crippen molar-refractivity contribution < 1.29 is 27.5 Å². The largest absolute Gasteiger partial charge is 0.451 e. The van der Waals surface area contributed by atoms with Crippen LogP contribution >= 0.6 is 0 Å². The predicted molar refractivity (Wildman–Crippen MR) is 97.9 cm³/mol. The highest BCUT2D eigenvalue weighted by Gasteiger charge is 2.33. The summed E-state index contributed by atoms with van der Waals surface area (Å²) in [5.41, 5.74) is 0.129. The molecule has 148 valence electrons. The molecule has 1 aromatic rings. The van der Waals surface area contributed by atoms with Crippen LogP contribution in [0, 0.1) is 0 Å². The van der Waals surface area contributed by atoms with Gasteiger partial charge in [-0.25, -0.2) is 13.2 Å². The first-order valence-corrected chi connectivity index (χ1v) is 10.7. The van der Waals surface area contributed by atoms with Gasteiger partial charge in [0.25, 0.3) is 0 Å². The lowest BCUT2D eigenvalue weighted by Crippen LogP contribution is -2.48. The van der Waals surface area contributed by atoms with Crippen LogP contribution in [0.4, 0.5) is 0 Å². The monoisotopic (exact) mass is 395 g/mol. The van der Waals surface area contributed by atoms with Crippen LogP contribution < -0.4 is 0 Å². The average Bonchev–Trinajstić information content (AvgIpc) is 2.63. The minimum absolute atomic E-state index is 0.0354. The highest BCUT2D eigenvalue weighted by Crippen LogP contribution is 2.23.